The van der Waals surface area contributed by atoms with Gasteiger partial charge in [0, 0.05) is 25.9 Å². The molecule has 1 unspecified atom stereocenters. The number of thiophene rings is 1. The van der Waals surface area contributed by atoms with E-state index in [9.17, 15) is 4.79 Å². The molecule has 1 fully saturated rings. The number of aromatic nitrogens is 2. The molecule has 0 saturated heterocycles. The van der Waals surface area contributed by atoms with Gasteiger partial charge in [0.15, 0.2) is 0 Å². The molecule has 0 bridgehead atoms. The molecule has 1 N–H and O–H groups in total. The Bertz CT molecular complexity index is 1810. The van der Waals surface area contributed by atoms with Crippen LogP contribution in [0.3, 0.4) is 0 Å². The maximum absolute atomic E-state index is 13.5. The lowest BCUT2D eigenvalue weighted by atomic mass is 10.0. The normalized spacial score (nSPS) is 17.0. The van der Waals surface area contributed by atoms with Crippen molar-refractivity contribution < 1.29 is 9.53 Å². The molecule has 6 heteroatoms. The number of nitrogens with one attached hydrogen (secondary N) is 1. The Morgan fingerprint density at radius 2 is 1.75 bits per heavy atom. The van der Waals surface area contributed by atoms with Crippen molar-refractivity contribution in [3.8, 4) is 16.8 Å². The van der Waals surface area contributed by atoms with Gasteiger partial charge in [-0.1, -0.05) is 78.9 Å². The summed E-state index contributed by atoms with van der Waals surface area (Å²) in [5.74, 6) is -0.130. The number of carbonyl (C=O) groups is 1. The van der Waals surface area contributed by atoms with Crippen molar-refractivity contribution in [1.82, 2.24) is 14.9 Å². The van der Waals surface area contributed by atoms with E-state index >= 15 is 0 Å². The number of nitrogens with zero attached hydrogens (tertiary/aromatic N) is 2. The molecular weight excluding hydrogens is 514 g/mol. The minimum Gasteiger partial charge on any atom is -0.371 e. The Morgan fingerprint density at radius 1 is 0.925 bits per heavy atom. The minimum absolute atomic E-state index is 0.00524. The first kappa shape index (κ1) is 24.8. The van der Waals surface area contributed by atoms with E-state index in [-0.39, 0.29) is 18.1 Å². The van der Waals surface area contributed by atoms with Gasteiger partial charge in [0.05, 0.1) is 31.3 Å². The quantitative estimate of drug-likeness (QED) is 0.224. The Hall–Kier alpha value is -4.26. The highest BCUT2D eigenvalue weighted by molar-refractivity contribution is 7.26. The zero-order chi connectivity index (χ0) is 26.9. The van der Waals surface area contributed by atoms with E-state index in [4.69, 9.17) is 4.74 Å². The fourth-order valence-corrected chi connectivity index (χ4v) is 7.02. The van der Waals surface area contributed by atoms with Crippen LogP contribution in [0.4, 0.5) is 0 Å². The maximum atomic E-state index is 13.5. The molecule has 2 atom stereocenters. The summed E-state index contributed by atoms with van der Waals surface area (Å²) in [6.07, 6.45) is 6.26. The monoisotopic (exact) mass is 543 g/mol. The van der Waals surface area contributed by atoms with Crippen LogP contribution in [0.15, 0.2) is 110 Å². The Kier molecular flexibility index (Phi) is 6.63. The lowest BCUT2D eigenvalue weighted by molar-refractivity contribution is 0.0271. The molecular formula is C34H29N3O2S. The first-order chi connectivity index (χ1) is 19.7. The standard InChI is InChI=1S/C34H29N3O2S/c38-34(36-29-16-8-17-31(29)39-21-23-9-2-1-3-10-23)30-20-35-22-37(30)25-12-6-11-24(19-25)26-14-7-15-28-27-13-4-5-18-32(27)40-33(26)28/h1-7,9-15,18-20,22,29,31H,8,16-17,21H2,(H,36,38)/t29?,31-/m1/s1. The zero-order valence-corrected chi connectivity index (χ0v) is 22.8. The number of benzene rings is 4. The number of rotatable bonds is 7. The molecule has 0 spiro atoms. The Labute approximate surface area is 237 Å². The van der Waals surface area contributed by atoms with Crippen LogP contribution in [0.5, 0.6) is 0 Å². The molecule has 2 heterocycles. The summed E-state index contributed by atoms with van der Waals surface area (Å²) in [6, 6.07) is 33.5. The fourth-order valence-electron chi connectivity index (χ4n) is 5.78. The van der Waals surface area contributed by atoms with Crippen molar-refractivity contribution in [2.75, 3.05) is 0 Å². The molecule has 1 amide bonds. The smallest absolute Gasteiger partial charge is 0.270 e. The molecule has 0 radical (unpaired) electrons. The van der Waals surface area contributed by atoms with Gasteiger partial charge in [-0.15, -0.1) is 11.3 Å². The largest absolute Gasteiger partial charge is 0.371 e. The lowest BCUT2D eigenvalue weighted by Gasteiger charge is -2.22. The predicted molar refractivity (Wildman–Crippen MR) is 162 cm³/mol. The molecule has 1 saturated carbocycles. The van der Waals surface area contributed by atoms with Crippen LogP contribution in [-0.2, 0) is 11.3 Å². The van der Waals surface area contributed by atoms with E-state index in [1.54, 1.807) is 12.5 Å². The average molecular weight is 544 g/mol. The molecule has 6 aromatic rings. The van der Waals surface area contributed by atoms with E-state index in [1.165, 1.54) is 25.7 Å². The number of fused-ring (bicyclic) bond motifs is 3. The van der Waals surface area contributed by atoms with Gasteiger partial charge in [0.2, 0.25) is 0 Å². The number of amides is 1. The van der Waals surface area contributed by atoms with Gasteiger partial charge in [-0.3, -0.25) is 9.36 Å². The highest BCUT2D eigenvalue weighted by Crippen LogP contribution is 2.40. The molecule has 2 aromatic heterocycles. The predicted octanol–water partition coefficient (Wildman–Crippen LogP) is 7.77. The Balaban J connectivity index is 1.13. The van der Waals surface area contributed by atoms with E-state index < -0.39 is 0 Å². The van der Waals surface area contributed by atoms with Crippen LogP contribution in [0.25, 0.3) is 37.0 Å². The maximum Gasteiger partial charge on any atom is 0.270 e. The molecule has 1 aliphatic rings. The summed E-state index contributed by atoms with van der Waals surface area (Å²) in [6.45, 7) is 0.551. The van der Waals surface area contributed by atoms with Gasteiger partial charge in [-0.25, -0.2) is 4.98 Å². The molecule has 40 heavy (non-hydrogen) atoms. The van der Waals surface area contributed by atoms with Gasteiger partial charge < -0.3 is 10.1 Å². The third-order valence-corrected chi connectivity index (χ3v) is 9.01. The average Bonchev–Trinajstić information content (AvgIpc) is 3.75. The van der Waals surface area contributed by atoms with Crippen LogP contribution in [-0.4, -0.2) is 27.6 Å². The van der Waals surface area contributed by atoms with E-state index in [1.807, 2.05) is 46.2 Å². The SMILES string of the molecule is O=C(NC1CCC[C@H]1OCc1ccccc1)c1cncn1-c1cccc(-c2cccc3c2sc2ccccc23)c1. The number of hydrogen-bond acceptors (Lipinski definition) is 4. The minimum atomic E-state index is -0.130. The summed E-state index contributed by atoms with van der Waals surface area (Å²) >= 11 is 1.82. The lowest BCUT2D eigenvalue weighted by Crippen LogP contribution is -2.41. The summed E-state index contributed by atoms with van der Waals surface area (Å²) in [5.41, 5.74) is 4.87. The molecule has 198 valence electrons. The van der Waals surface area contributed by atoms with Crippen LogP contribution in [0, 0.1) is 0 Å². The van der Waals surface area contributed by atoms with Gasteiger partial charge in [-0.2, -0.15) is 0 Å². The third-order valence-electron chi connectivity index (χ3n) is 7.79. The molecule has 0 aliphatic heterocycles. The summed E-state index contributed by atoms with van der Waals surface area (Å²) in [4.78, 5) is 17.8. The van der Waals surface area contributed by atoms with E-state index in [0.717, 1.165) is 36.1 Å². The Morgan fingerprint density at radius 3 is 2.67 bits per heavy atom. The number of carbonyl (C=O) groups excluding carboxylic acids is 1. The second-order valence-electron chi connectivity index (χ2n) is 10.3. The van der Waals surface area contributed by atoms with Crippen molar-refractivity contribution in [3.05, 3.63) is 121 Å². The zero-order valence-electron chi connectivity index (χ0n) is 22.0. The molecule has 5 nitrogen and oxygen atoms in total. The first-order valence-corrected chi connectivity index (χ1v) is 14.6. The summed E-state index contributed by atoms with van der Waals surface area (Å²) in [5, 5.41) is 5.79. The van der Waals surface area contributed by atoms with Gasteiger partial charge in [-0.05, 0) is 54.2 Å². The van der Waals surface area contributed by atoms with E-state index in [0.29, 0.717) is 12.3 Å². The van der Waals surface area contributed by atoms with Crippen LogP contribution < -0.4 is 5.32 Å². The van der Waals surface area contributed by atoms with Gasteiger partial charge >= 0.3 is 0 Å². The summed E-state index contributed by atoms with van der Waals surface area (Å²) in [7, 11) is 0. The second kappa shape index (κ2) is 10.7. The highest BCUT2D eigenvalue weighted by atomic mass is 32.1. The van der Waals surface area contributed by atoms with Crippen LogP contribution >= 0.6 is 11.3 Å². The molecule has 1 aliphatic carbocycles. The van der Waals surface area contributed by atoms with Crippen LogP contribution in [0.2, 0.25) is 0 Å². The second-order valence-corrected chi connectivity index (χ2v) is 11.4. The van der Waals surface area contributed by atoms with Crippen molar-refractivity contribution in [2.24, 2.45) is 0 Å². The number of ether oxygens (including phenoxy) is 1. The number of imidazole rings is 1. The third kappa shape index (κ3) is 4.70. The van der Waals surface area contributed by atoms with Crippen molar-refractivity contribution in [2.45, 2.75) is 38.0 Å². The van der Waals surface area contributed by atoms with Crippen molar-refractivity contribution in [3.63, 3.8) is 0 Å². The topological polar surface area (TPSA) is 56.1 Å². The summed E-state index contributed by atoms with van der Waals surface area (Å²) < 4.78 is 10.6. The fraction of sp³-hybridized carbons (Fsp3) is 0.176. The van der Waals surface area contributed by atoms with Gasteiger partial charge in [0.1, 0.15) is 5.69 Å². The first-order valence-electron chi connectivity index (χ1n) is 13.7. The molecule has 7 rings (SSSR count). The van der Waals surface area contributed by atoms with E-state index in [2.05, 4.69) is 77.0 Å². The van der Waals surface area contributed by atoms with Crippen LogP contribution in [0.1, 0.15) is 35.3 Å². The highest BCUT2D eigenvalue weighted by Gasteiger charge is 2.30. The van der Waals surface area contributed by atoms with Crippen molar-refractivity contribution >= 4 is 37.4 Å². The van der Waals surface area contributed by atoms with Crippen molar-refractivity contribution in [1.29, 1.82) is 0 Å². The number of hydrogen-bond donors (Lipinski definition) is 1. The molecule has 4 aromatic carbocycles. The van der Waals surface area contributed by atoms with Gasteiger partial charge in [0.25, 0.3) is 5.91 Å².